The van der Waals surface area contributed by atoms with Crippen molar-refractivity contribution in [3.63, 3.8) is 0 Å². The lowest BCUT2D eigenvalue weighted by atomic mass is 9.82. The number of halogens is 2. The number of aryl methyl sites for hydroxylation is 1. The van der Waals surface area contributed by atoms with E-state index in [2.05, 4.69) is 10.3 Å². The number of H-pyrrole nitrogens is 1. The molecule has 1 fully saturated rings. The van der Waals surface area contributed by atoms with Crippen molar-refractivity contribution < 1.29 is 19.1 Å². The molecule has 41 heavy (non-hydrogen) atoms. The Labute approximate surface area is 252 Å². The number of thiazole rings is 1. The number of carbonyl (C=O) groups excluding carboxylic acids is 3. The Hall–Kier alpha value is -3.57. The van der Waals surface area contributed by atoms with Gasteiger partial charge in [-0.3, -0.25) is 19.2 Å². The predicted molar refractivity (Wildman–Crippen MR) is 161 cm³/mol. The molecule has 1 saturated heterocycles. The summed E-state index contributed by atoms with van der Waals surface area (Å²) in [5.41, 5.74) is 2.55. The van der Waals surface area contributed by atoms with E-state index in [4.69, 9.17) is 27.9 Å². The van der Waals surface area contributed by atoms with Gasteiger partial charge in [0.05, 0.1) is 16.6 Å². The summed E-state index contributed by atoms with van der Waals surface area (Å²) < 4.78 is 5.96. The predicted octanol–water partition coefficient (Wildman–Crippen LogP) is 5.86. The van der Waals surface area contributed by atoms with Crippen molar-refractivity contribution in [2.24, 2.45) is 5.92 Å². The van der Waals surface area contributed by atoms with Crippen molar-refractivity contribution in [1.29, 1.82) is 0 Å². The minimum Gasteiger partial charge on any atom is -0.483 e. The number of nitrogens with zero attached hydrogens (tertiary/aromatic N) is 1. The number of aromatic amines is 1. The number of anilines is 2. The zero-order chi connectivity index (χ0) is 28.8. The average Bonchev–Trinajstić information content (AvgIpc) is 3.44. The minimum atomic E-state index is -0.823. The lowest BCUT2D eigenvalue weighted by Gasteiger charge is -2.31. The van der Waals surface area contributed by atoms with E-state index in [0.717, 1.165) is 16.9 Å². The molecule has 0 aliphatic carbocycles. The second-order valence-corrected chi connectivity index (χ2v) is 12.7. The highest BCUT2D eigenvalue weighted by Gasteiger charge is 2.56. The van der Waals surface area contributed by atoms with Crippen molar-refractivity contribution in [2.45, 2.75) is 23.1 Å². The molecule has 0 bridgehead atoms. The number of amides is 3. The van der Waals surface area contributed by atoms with Crippen LogP contribution >= 0.6 is 46.3 Å². The minimum absolute atomic E-state index is 0.297. The molecular weight excluding hydrogens is 605 g/mol. The summed E-state index contributed by atoms with van der Waals surface area (Å²) >= 11 is 14.5. The molecule has 3 amide bonds. The molecule has 8 nitrogen and oxygen atoms in total. The Kier molecular flexibility index (Phi) is 7.41. The van der Waals surface area contributed by atoms with Crippen LogP contribution in [0.3, 0.4) is 0 Å². The smallest absolute Gasteiger partial charge is 0.305 e. The molecule has 0 spiro atoms. The van der Waals surface area contributed by atoms with E-state index in [0.29, 0.717) is 42.6 Å². The Bertz CT molecular complexity index is 1740. The average molecular weight is 627 g/mol. The topological polar surface area (TPSA) is 109 Å². The summed E-state index contributed by atoms with van der Waals surface area (Å²) in [6.07, 6.45) is 0. The van der Waals surface area contributed by atoms with Gasteiger partial charge in [-0.25, -0.2) is 4.90 Å². The summed E-state index contributed by atoms with van der Waals surface area (Å²) in [5, 5.41) is 3.43. The third-order valence-corrected chi connectivity index (χ3v) is 9.80. The van der Waals surface area contributed by atoms with Crippen LogP contribution in [-0.4, -0.2) is 34.6 Å². The van der Waals surface area contributed by atoms with E-state index in [1.165, 1.54) is 16.7 Å². The number of ether oxygens (including phenoxy) is 1. The SMILES string of the molecule is Cc1ccc(N2C(=O)[C@H]3[C@H](c4cc(Cl)ccc4OCC(=O)Nc4ccc(Cl)cc4)c4sc(=O)[nH]c4S[C@H]3C2=O)cc1. The van der Waals surface area contributed by atoms with Gasteiger partial charge in [0.1, 0.15) is 11.0 Å². The number of hydrogen-bond donors (Lipinski definition) is 2. The van der Waals surface area contributed by atoms with E-state index in [-0.39, 0.29) is 23.3 Å². The van der Waals surface area contributed by atoms with Crippen molar-refractivity contribution in [3.8, 4) is 5.75 Å². The number of carbonyl (C=O) groups is 3. The van der Waals surface area contributed by atoms with Crippen molar-refractivity contribution in [2.75, 3.05) is 16.8 Å². The summed E-state index contributed by atoms with van der Waals surface area (Å²) in [7, 11) is 0. The molecule has 0 radical (unpaired) electrons. The molecule has 12 heteroatoms. The molecule has 0 saturated carbocycles. The zero-order valence-corrected chi connectivity index (χ0v) is 24.5. The summed E-state index contributed by atoms with van der Waals surface area (Å²) in [6, 6.07) is 18.7. The van der Waals surface area contributed by atoms with E-state index in [1.807, 2.05) is 19.1 Å². The Morgan fingerprint density at radius 2 is 1.68 bits per heavy atom. The van der Waals surface area contributed by atoms with Gasteiger partial charge in [0.25, 0.3) is 5.91 Å². The third-order valence-electron chi connectivity index (χ3n) is 6.91. The molecular formula is C29H21Cl2N3O5S2. The molecule has 2 aliphatic rings. The number of benzene rings is 3. The van der Waals surface area contributed by atoms with Crippen molar-refractivity contribution >= 4 is 75.4 Å². The molecule has 2 aliphatic heterocycles. The quantitative estimate of drug-likeness (QED) is 0.260. The maximum atomic E-state index is 14.0. The number of hydrogen-bond acceptors (Lipinski definition) is 7. The molecule has 3 heterocycles. The Morgan fingerprint density at radius 1 is 0.976 bits per heavy atom. The van der Waals surface area contributed by atoms with Crippen LogP contribution < -0.4 is 19.8 Å². The number of nitrogens with one attached hydrogen (secondary N) is 2. The van der Waals surface area contributed by atoms with Crippen molar-refractivity contribution in [1.82, 2.24) is 4.98 Å². The molecule has 1 aromatic heterocycles. The largest absolute Gasteiger partial charge is 0.483 e. The fraction of sp³-hybridized carbons (Fsp3) is 0.172. The Morgan fingerprint density at radius 3 is 2.41 bits per heavy atom. The highest BCUT2D eigenvalue weighted by molar-refractivity contribution is 8.00. The third kappa shape index (κ3) is 5.28. The first-order valence-electron chi connectivity index (χ1n) is 12.5. The zero-order valence-electron chi connectivity index (χ0n) is 21.4. The van der Waals surface area contributed by atoms with Gasteiger partial charge in [0.15, 0.2) is 6.61 Å². The summed E-state index contributed by atoms with van der Waals surface area (Å²) in [6.45, 7) is 1.60. The maximum absolute atomic E-state index is 14.0. The van der Waals surface area contributed by atoms with Gasteiger partial charge in [-0.15, -0.1) is 0 Å². The second-order valence-electron chi connectivity index (χ2n) is 9.62. The molecule has 4 aromatic rings. The number of thioether (sulfide) groups is 1. The molecule has 2 N–H and O–H groups in total. The van der Waals surface area contributed by atoms with Crippen LogP contribution in [0.15, 0.2) is 76.6 Å². The lowest BCUT2D eigenvalue weighted by Crippen LogP contribution is -2.32. The van der Waals surface area contributed by atoms with E-state index >= 15 is 0 Å². The standard InChI is InChI=1S/C29H21Cl2N3O5S2/c1-14-2-9-18(10-3-14)34-27(36)23-22(24-26(33-29(38)41-24)40-25(23)28(34)37)19-12-16(31)6-11-20(19)39-13-21(35)32-17-7-4-15(30)5-8-17/h2-12,22-23,25H,13H2,1H3,(H,32,35)(H,33,38)/t22-,23-,25+/m0/s1. The van der Waals surface area contributed by atoms with Gasteiger partial charge in [0, 0.05) is 32.1 Å². The van der Waals surface area contributed by atoms with Gasteiger partial charge in [-0.2, -0.15) is 0 Å². The van der Waals surface area contributed by atoms with Gasteiger partial charge in [0.2, 0.25) is 11.8 Å². The molecule has 3 atom stereocenters. The first-order valence-corrected chi connectivity index (χ1v) is 15.0. The van der Waals surface area contributed by atoms with Gasteiger partial charge >= 0.3 is 4.87 Å². The summed E-state index contributed by atoms with van der Waals surface area (Å²) in [4.78, 5) is 57.1. The number of aromatic nitrogens is 1. The highest BCUT2D eigenvalue weighted by Crippen LogP contribution is 2.54. The second kappa shape index (κ2) is 11.0. The van der Waals surface area contributed by atoms with Crippen LogP contribution in [-0.2, 0) is 14.4 Å². The highest BCUT2D eigenvalue weighted by atomic mass is 35.5. The fourth-order valence-electron chi connectivity index (χ4n) is 5.07. The van der Waals surface area contributed by atoms with Gasteiger partial charge in [-0.05, 0) is 61.5 Å². The van der Waals surface area contributed by atoms with Crippen LogP contribution in [0.4, 0.5) is 11.4 Å². The van der Waals surface area contributed by atoms with Crippen LogP contribution in [0.5, 0.6) is 5.75 Å². The van der Waals surface area contributed by atoms with Crippen LogP contribution in [0.2, 0.25) is 10.0 Å². The normalized spacial score (nSPS) is 19.6. The van der Waals surface area contributed by atoms with Gasteiger partial charge in [-0.1, -0.05) is 64.0 Å². The number of imide groups is 1. The summed E-state index contributed by atoms with van der Waals surface area (Å²) in [5.74, 6) is -2.36. The van der Waals surface area contributed by atoms with Gasteiger partial charge < -0.3 is 15.0 Å². The molecule has 6 rings (SSSR count). The van der Waals surface area contributed by atoms with Crippen LogP contribution in [0.1, 0.15) is 21.9 Å². The van der Waals surface area contributed by atoms with E-state index in [1.54, 1.807) is 54.6 Å². The van der Waals surface area contributed by atoms with E-state index in [9.17, 15) is 19.2 Å². The number of rotatable bonds is 6. The Balaban J connectivity index is 1.36. The first kappa shape index (κ1) is 27.6. The number of fused-ring (bicyclic) bond motifs is 2. The fourth-order valence-corrected chi connectivity index (χ4v) is 7.88. The van der Waals surface area contributed by atoms with Crippen LogP contribution in [0.25, 0.3) is 0 Å². The molecule has 0 unspecified atom stereocenters. The monoisotopic (exact) mass is 625 g/mol. The lowest BCUT2D eigenvalue weighted by molar-refractivity contribution is -0.122. The van der Waals surface area contributed by atoms with Crippen molar-refractivity contribution in [3.05, 3.63) is 102 Å². The first-order chi connectivity index (χ1) is 19.7. The maximum Gasteiger partial charge on any atom is 0.305 e. The molecule has 3 aromatic carbocycles. The van der Waals surface area contributed by atoms with E-state index < -0.39 is 23.0 Å². The molecule has 208 valence electrons. The van der Waals surface area contributed by atoms with Crippen LogP contribution in [0, 0.1) is 12.8 Å².